The maximum Gasteiger partial charge on any atom is 0.206 e. The minimum Gasteiger partial charge on any atom is -0.339 e. The van der Waals surface area contributed by atoms with Crippen LogP contribution in [0.15, 0.2) is 54.6 Å². The third kappa shape index (κ3) is 3.75. The average Bonchev–Trinajstić information content (AvgIpc) is 3.03. The number of nitrogens with two attached hydrogens (primary N) is 1. The van der Waals surface area contributed by atoms with E-state index in [0.717, 1.165) is 37.6 Å². The molecule has 5 nitrogen and oxygen atoms in total. The summed E-state index contributed by atoms with van der Waals surface area (Å²) in [7, 11) is 0. The van der Waals surface area contributed by atoms with Crippen molar-refractivity contribution in [2.75, 3.05) is 31.1 Å². The number of aromatic nitrogens is 2. The quantitative estimate of drug-likeness (QED) is 0.572. The van der Waals surface area contributed by atoms with Gasteiger partial charge in [-0.25, -0.2) is 4.98 Å². The summed E-state index contributed by atoms with van der Waals surface area (Å²) in [6.45, 7) is 4.15. The summed E-state index contributed by atoms with van der Waals surface area (Å²) in [6.07, 6.45) is 10.4. The highest BCUT2D eigenvalue weighted by molar-refractivity contribution is 5.79. The maximum atomic E-state index is 6.13. The van der Waals surface area contributed by atoms with Crippen molar-refractivity contribution in [3.63, 3.8) is 0 Å². The number of nitrogens with zero attached hydrogens (tertiary/aromatic N) is 4. The van der Waals surface area contributed by atoms with E-state index in [9.17, 15) is 0 Å². The minimum absolute atomic E-state index is 0.215. The first-order valence-corrected chi connectivity index (χ1v) is 13.0. The molecular weight excluding hydrogens is 406 g/mol. The highest BCUT2D eigenvalue weighted by Crippen LogP contribution is 2.44. The molecule has 2 saturated heterocycles. The largest absolute Gasteiger partial charge is 0.339 e. The molecule has 2 aromatic carbocycles. The molecule has 0 atom stereocenters. The lowest BCUT2D eigenvalue weighted by Gasteiger charge is -2.48. The smallest absolute Gasteiger partial charge is 0.206 e. The van der Waals surface area contributed by atoms with Gasteiger partial charge in [-0.3, -0.25) is 4.90 Å². The topological polar surface area (TPSA) is 50.3 Å². The van der Waals surface area contributed by atoms with Gasteiger partial charge < -0.3 is 15.2 Å². The number of para-hydroxylation sites is 2. The van der Waals surface area contributed by atoms with Gasteiger partial charge >= 0.3 is 0 Å². The van der Waals surface area contributed by atoms with Crippen molar-refractivity contribution in [3.8, 4) is 0 Å². The molecule has 3 heterocycles. The summed E-state index contributed by atoms with van der Waals surface area (Å²) in [5, 5.41) is 0. The van der Waals surface area contributed by atoms with Crippen LogP contribution in [0.25, 0.3) is 11.0 Å². The standard InChI is InChI=1S/C28H37N5/c29-23-20-31(21-23)27-30-25-12-6-7-13-26(25)33(27)24-14-18-32(19-15-24)28(16-8-1-2-9-17-28)22-10-4-3-5-11-22/h3-7,10-13,23-24H,1-2,8-9,14-21,29H2. The van der Waals surface area contributed by atoms with Crippen LogP contribution in [0, 0.1) is 0 Å². The first-order chi connectivity index (χ1) is 16.2. The van der Waals surface area contributed by atoms with Crippen molar-refractivity contribution in [2.24, 2.45) is 5.73 Å². The fourth-order valence-electron chi connectivity index (χ4n) is 6.69. The number of hydrogen-bond donors (Lipinski definition) is 1. The molecule has 3 aliphatic rings. The lowest BCUT2D eigenvalue weighted by atomic mass is 9.79. The Balaban J connectivity index is 1.28. The van der Waals surface area contributed by atoms with E-state index in [1.54, 1.807) is 0 Å². The van der Waals surface area contributed by atoms with Gasteiger partial charge in [-0.2, -0.15) is 0 Å². The lowest BCUT2D eigenvalue weighted by molar-refractivity contribution is 0.0360. The van der Waals surface area contributed by atoms with Gasteiger partial charge in [0.2, 0.25) is 5.95 Å². The number of benzene rings is 2. The zero-order valence-corrected chi connectivity index (χ0v) is 19.7. The first-order valence-electron chi connectivity index (χ1n) is 13.0. The fourth-order valence-corrected chi connectivity index (χ4v) is 6.69. The van der Waals surface area contributed by atoms with E-state index < -0.39 is 0 Å². The van der Waals surface area contributed by atoms with Crippen LogP contribution in [0.3, 0.4) is 0 Å². The summed E-state index contributed by atoms with van der Waals surface area (Å²) in [4.78, 5) is 10.3. The molecule has 5 heteroatoms. The Morgan fingerprint density at radius 3 is 2.18 bits per heavy atom. The van der Waals surface area contributed by atoms with Crippen molar-refractivity contribution in [3.05, 3.63) is 60.2 Å². The SMILES string of the molecule is NC1CN(c2nc3ccccc3n2C2CCN(C3(c4ccccc4)CCCCCC3)CC2)C1. The average molecular weight is 444 g/mol. The van der Waals surface area contributed by atoms with Crippen molar-refractivity contribution < 1.29 is 0 Å². The molecule has 33 heavy (non-hydrogen) atoms. The third-order valence-corrected chi connectivity index (χ3v) is 8.45. The highest BCUT2D eigenvalue weighted by Gasteiger charge is 2.41. The van der Waals surface area contributed by atoms with Crippen LogP contribution in [0.1, 0.15) is 63.0 Å². The summed E-state index contributed by atoms with van der Waals surface area (Å²) < 4.78 is 2.54. The molecule has 1 saturated carbocycles. The van der Waals surface area contributed by atoms with E-state index in [-0.39, 0.29) is 11.6 Å². The van der Waals surface area contributed by atoms with E-state index in [1.807, 2.05) is 0 Å². The second kappa shape index (κ2) is 8.77. The highest BCUT2D eigenvalue weighted by atomic mass is 15.4. The molecule has 174 valence electrons. The van der Waals surface area contributed by atoms with Crippen molar-refractivity contribution in [1.82, 2.24) is 14.5 Å². The van der Waals surface area contributed by atoms with Gasteiger partial charge in [0.15, 0.2) is 0 Å². The predicted molar refractivity (Wildman–Crippen MR) is 136 cm³/mol. The van der Waals surface area contributed by atoms with E-state index in [2.05, 4.69) is 69.0 Å². The van der Waals surface area contributed by atoms with Gasteiger partial charge in [-0.05, 0) is 43.4 Å². The Morgan fingerprint density at radius 1 is 0.818 bits per heavy atom. The van der Waals surface area contributed by atoms with Crippen LogP contribution in [-0.2, 0) is 5.54 Å². The zero-order valence-electron chi connectivity index (χ0n) is 19.7. The molecule has 0 bridgehead atoms. The molecule has 2 aliphatic heterocycles. The first kappa shape index (κ1) is 21.2. The number of hydrogen-bond acceptors (Lipinski definition) is 4. The van der Waals surface area contributed by atoms with E-state index in [0.29, 0.717) is 6.04 Å². The fraction of sp³-hybridized carbons (Fsp3) is 0.536. The van der Waals surface area contributed by atoms with E-state index >= 15 is 0 Å². The van der Waals surface area contributed by atoms with Crippen LogP contribution in [0.5, 0.6) is 0 Å². The molecule has 1 aromatic heterocycles. The Bertz CT molecular complexity index is 1070. The van der Waals surface area contributed by atoms with Crippen molar-refractivity contribution in [2.45, 2.75) is 69.0 Å². The van der Waals surface area contributed by atoms with Crippen LogP contribution in [0.2, 0.25) is 0 Å². The van der Waals surface area contributed by atoms with Crippen molar-refractivity contribution in [1.29, 1.82) is 0 Å². The molecule has 1 aliphatic carbocycles. The van der Waals surface area contributed by atoms with Crippen molar-refractivity contribution >= 4 is 17.0 Å². The van der Waals surface area contributed by atoms with Gasteiger partial charge in [0.1, 0.15) is 0 Å². The second-order valence-corrected chi connectivity index (χ2v) is 10.5. The second-order valence-electron chi connectivity index (χ2n) is 10.5. The van der Waals surface area contributed by atoms with Gasteiger partial charge in [-0.1, -0.05) is 68.1 Å². The number of imidazole rings is 1. The third-order valence-electron chi connectivity index (χ3n) is 8.45. The molecule has 3 fully saturated rings. The lowest BCUT2D eigenvalue weighted by Crippen LogP contribution is -2.57. The van der Waals surface area contributed by atoms with Gasteiger partial charge in [0.05, 0.1) is 11.0 Å². The monoisotopic (exact) mass is 443 g/mol. The molecule has 2 N–H and O–H groups in total. The summed E-state index contributed by atoms with van der Waals surface area (Å²) in [5.74, 6) is 1.13. The Hall–Kier alpha value is -2.37. The number of piperidine rings is 1. The van der Waals surface area contributed by atoms with E-state index in [4.69, 9.17) is 10.7 Å². The Morgan fingerprint density at radius 2 is 1.48 bits per heavy atom. The van der Waals surface area contributed by atoms with Gasteiger partial charge in [-0.15, -0.1) is 0 Å². The molecule has 0 unspecified atom stereocenters. The number of rotatable bonds is 4. The summed E-state index contributed by atoms with van der Waals surface area (Å²) in [6, 6.07) is 20.8. The van der Waals surface area contributed by atoms with E-state index in [1.165, 1.54) is 62.4 Å². The Labute approximate surface area is 197 Å². The molecule has 0 spiro atoms. The summed E-state index contributed by atoms with van der Waals surface area (Å²) in [5.41, 5.74) is 10.3. The molecule has 0 amide bonds. The molecule has 6 rings (SSSR count). The zero-order chi connectivity index (χ0) is 22.3. The minimum atomic E-state index is 0.215. The van der Waals surface area contributed by atoms with Crippen LogP contribution < -0.4 is 10.6 Å². The molecule has 0 radical (unpaired) electrons. The van der Waals surface area contributed by atoms with Crippen LogP contribution in [-0.4, -0.2) is 46.7 Å². The van der Waals surface area contributed by atoms with Gasteiger partial charge in [0.25, 0.3) is 0 Å². The molecular formula is C28H37N5. The van der Waals surface area contributed by atoms with Crippen LogP contribution in [0.4, 0.5) is 5.95 Å². The Kier molecular flexibility index (Phi) is 5.63. The number of likely N-dealkylation sites (tertiary alicyclic amines) is 1. The normalized spacial score (nSPS) is 22.9. The molecule has 3 aromatic rings. The van der Waals surface area contributed by atoms with Crippen LogP contribution >= 0.6 is 0 Å². The number of fused-ring (bicyclic) bond motifs is 1. The number of anilines is 1. The summed E-state index contributed by atoms with van der Waals surface area (Å²) >= 11 is 0. The van der Waals surface area contributed by atoms with Gasteiger partial charge in [0, 0.05) is 43.8 Å². The maximum absolute atomic E-state index is 6.13. The predicted octanol–water partition coefficient (Wildman–Crippen LogP) is 5.07.